The van der Waals surface area contributed by atoms with E-state index in [4.69, 9.17) is 19.6 Å². The monoisotopic (exact) mass is 441 g/mol. The average molecular weight is 441 g/mol. The number of nitrogen functional groups attached to an aromatic ring is 1. The van der Waals surface area contributed by atoms with Crippen LogP contribution in [0, 0.1) is 0 Å². The van der Waals surface area contributed by atoms with Gasteiger partial charge in [-0.2, -0.15) is 0 Å². The summed E-state index contributed by atoms with van der Waals surface area (Å²) < 4.78 is 27.4. The van der Waals surface area contributed by atoms with E-state index in [0.717, 1.165) is 29.0 Å². The largest absolute Gasteiger partial charge is 0.756 e. The predicted octanol–water partition coefficient (Wildman–Crippen LogP) is 2.42. The Morgan fingerprint density at radius 2 is 1.87 bits per heavy atom. The molecule has 10 heteroatoms. The van der Waals surface area contributed by atoms with Crippen molar-refractivity contribution in [3.8, 4) is 11.3 Å². The molecule has 0 aliphatic rings. The first kappa shape index (κ1) is 21.0. The van der Waals surface area contributed by atoms with Crippen LogP contribution in [0.4, 0.5) is 5.82 Å². The van der Waals surface area contributed by atoms with Crippen LogP contribution in [0.3, 0.4) is 0 Å². The van der Waals surface area contributed by atoms with Crippen LogP contribution in [0.1, 0.15) is 22.6 Å². The minimum atomic E-state index is -4.86. The third kappa shape index (κ3) is 5.48. The normalized spacial score (nSPS) is 13.2. The molecule has 1 unspecified atom stereocenters. The third-order valence-electron chi connectivity index (χ3n) is 4.67. The van der Waals surface area contributed by atoms with Gasteiger partial charge in [-0.3, -0.25) is 14.8 Å². The molecule has 160 valence electrons. The second kappa shape index (κ2) is 8.87. The summed E-state index contributed by atoms with van der Waals surface area (Å²) in [7, 11) is -4.86. The van der Waals surface area contributed by atoms with E-state index in [1.54, 1.807) is 24.5 Å². The second-order valence-electron chi connectivity index (χ2n) is 6.94. The molecule has 3 aromatic heterocycles. The van der Waals surface area contributed by atoms with E-state index >= 15 is 0 Å². The zero-order valence-corrected chi connectivity index (χ0v) is 17.3. The minimum absolute atomic E-state index is 0.209. The molecular formula is C21H20N3O6P. The lowest BCUT2D eigenvalue weighted by molar-refractivity contribution is -0.712. The van der Waals surface area contributed by atoms with Gasteiger partial charge in [-0.05, 0) is 35.4 Å². The maximum absolute atomic E-state index is 10.8. The molecule has 0 spiro atoms. The first-order valence-electron chi connectivity index (χ1n) is 9.40. The average Bonchev–Trinajstić information content (AvgIpc) is 3.40. The summed E-state index contributed by atoms with van der Waals surface area (Å²) in [5.41, 5.74) is 9.56. The molecule has 0 bridgehead atoms. The summed E-state index contributed by atoms with van der Waals surface area (Å²) in [4.78, 5) is 19.6. The molecule has 0 amide bonds. The van der Waals surface area contributed by atoms with Gasteiger partial charge >= 0.3 is 0 Å². The molecule has 0 saturated heterocycles. The van der Waals surface area contributed by atoms with Crippen molar-refractivity contribution in [2.75, 3.05) is 5.73 Å². The first-order valence-corrected chi connectivity index (χ1v) is 10.9. The van der Waals surface area contributed by atoms with Crippen molar-refractivity contribution < 1.29 is 32.4 Å². The molecule has 0 saturated carbocycles. The Labute approximate surface area is 177 Å². The molecule has 9 nitrogen and oxygen atoms in total. The SMILES string of the molecule is Nc1c(-c2cc(Cc3ccc(Cc4ccco4)cc3)no2)ccc[n+]1COP(=O)([O-])O. The van der Waals surface area contributed by atoms with Crippen molar-refractivity contribution >= 4 is 13.6 Å². The van der Waals surface area contributed by atoms with Crippen molar-refractivity contribution in [1.29, 1.82) is 0 Å². The molecule has 0 aliphatic heterocycles. The molecule has 0 fully saturated rings. The van der Waals surface area contributed by atoms with Gasteiger partial charge in [0.2, 0.25) is 0 Å². The second-order valence-corrected chi connectivity index (χ2v) is 8.13. The number of aromatic nitrogens is 2. The van der Waals surface area contributed by atoms with Gasteiger partial charge in [0.05, 0.1) is 18.2 Å². The summed E-state index contributed by atoms with van der Waals surface area (Å²) in [6.45, 7) is -0.456. The predicted molar refractivity (Wildman–Crippen MR) is 108 cm³/mol. The van der Waals surface area contributed by atoms with Gasteiger partial charge in [0.1, 0.15) is 11.3 Å². The van der Waals surface area contributed by atoms with E-state index in [1.807, 2.05) is 36.4 Å². The highest BCUT2D eigenvalue weighted by molar-refractivity contribution is 7.44. The van der Waals surface area contributed by atoms with Gasteiger partial charge in [-0.15, -0.1) is 0 Å². The number of nitrogens with two attached hydrogens (primary N) is 1. The van der Waals surface area contributed by atoms with E-state index in [2.05, 4.69) is 9.68 Å². The van der Waals surface area contributed by atoms with Gasteiger partial charge in [-0.1, -0.05) is 29.4 Å². The van der Waals surface area contributed by atoms with Crippen molar-refractivity contribution in [2.24, 2.45) is 0 Å². The van der Waals surface area contributed by atoms with Crippen molar-refractivity contribution in [3.05, 3.63) is 89.6 Å². The Bertz CT molecular complexity index is 1200. The van der Waals surface area contributed by atoms with Crippen LogP contribution >= 0.6 is 7.82 Å². The van der Waals surface area contributed by atoms with Crippen LogP contribution in [0.25, 0.3) is 11.3 Å². The summed E-state index contributed by atoms with van der Waals surface area (Å²) in [5.74, 6) is 1.56. The number of hydrogen-bond donors (Lipinski definition) is 2. The van der Waals surface area contributed by atoms with Crippen LogP contribution in [0.2, 0.25) is 0 Å². The lowest BCUT2D eigenvalue weighted by atomic mass is 10.0. The van der Waals surface area contributed by atoms with Gasteiger partial charge in [0.15, 0.2) is 12.5 Å². The first-order chi connectivity index (χ1) is 14.9. The van der Waals surface area contributed by atoms with E-state index in [1.165, 1.54) is 10.8 Å². The van der Waals surface area contributed by atoms with Crippen LogP contribution in [-0.2, 0) is 28.7 Å². The molecule has 0 aliphatic carbocycles. The molecule has 1 aromatic carbocycles. The zero-order chi connectivity index (χ0) is 21.8. The Morgan fingerprint density at radius 3 is 2.55 bits per heavy atom. The lowest BCUT2D eigenvalue weighted by Crippen LogP contribution is -2.38. The van der Waals surface area contributed by atoms with E-state index < -0.39 is 14.6 Å². The number of phosphoric ester groups is 1. The number of pyridine rings is 1. The van der Waals surface area contributed by atoms with Crippen LogP contribution in [0.5, 0.6) is 0 Å². The number of furan rings is 1. The third-order valence-corrected chi connectivity index (χ3v) is 5.11. The van der Waals surface area contributed by atoms with Crippen LogP contribution < -0.4 is 15.2 Å². The Morgan fingerprint density at radius 1 is 1.13 bits per heavy atom. The highest BCUT2D eigenvalue weighted by Crippen LogP contribution is 2.30. The number of hydrogen-bond acceptors (Lipinski definition) is 7. The number of rotatable bonds is 8. The smallest absolute Gasteiger partial charge is 0.285 e. The number of phosphoric acid groups is 1. The number of anilines is 1. The zero-order valence-electron chi connectivity index (χ0n) is 16.4. The fraction of sp³-hybridized carbons (Fsp3) is 0.143. The molecule has 3 N–H and O–H groups in total. The summed E-state index contributed by atoms with van der Waals surface area (Å²) in [5, 5.41) is 4.11. The van der Waals surface area contributed by atoms with Gasteiger partial charge in [0.25, 0.3) is 13.6 Å². The Kier molecular flexibility index (Phi) is 6.01. The van der Waals surface area contributed by atoms with Crippen LogP contribution in [0.15, 0.2) is 76.0 Å². The van der Waals surface area contributed by atoms with Crippen LogP contribution in [-0.4, -0.2) is 10.1 Å². The molecule has 0 radical (unpaired) electrons. The fourth-order valence-electron chi connectivity index (χ4n) is 3.14. The van der Waals surface area contributed by atoms with E-state index in [0.29, 0.717) is 17.7 Å². The van der Waals surface area contributed by atoms with Crippen molar-refractivity contribution in [2.45, 2.75) is 19.6 Å². The van der Waals surface area contributed by atoms with Gasteiger partial charge in [0, 0.05) is 18.9 Å². The highest BCUT2D eigenvalue weighted by atomic mass is 31.2. The quantitative estimate of drug-likeness (QED) is 0.314. The van der Waals surface area contributed by atoms with E-state index in [9.17, 15) is 9.46 Å². The van der Waals surface area contributed by atoms with E-state index in [-0.39, 0.29) is 5.82 Å². The Hall–Kier alpha value is -3.23. The molecule has 4 aromatic rings. The lowest BCUT2D eigenvalue weighted by Gasteiger charge is -2.14. The summed E-state index contributed by atoms with van der Waals surface area (Å²) in [6, 6.07) is 17.1. The van der Waals surface area contributed by atoms with Gasteiger partial charge in [-0.25, -0.2) is 4.57 Å². The van der Waals surface area contributed by atoms with Gasteiger partial charge < -0.3 is 18.7 Å². The topological polar surface area (TPSA) is 139 Å². The Balaban J connectivity index is 1.45. The standard InChI is InChI=1S/C21H20N3O6P/c22-21-19(4-1-9-24(21)14-29-31(25,26)27)20-13-17(23-30-20)11-15-5-7-16(8-6-15)12-18-3-2-10-28-18/h1-10,13,22H,11-12,14H2,(H2,25,26,27). The molecular weight excluding hydrogens is 421 g/mol. The summed E-state index contributed by atoms with van der Waals surface area (Å²) in [6.07, 6.45) is 4.49. The highest BCUT2D eigenvalue weighted by Gasteiger charge is 2.18. The maximum Gasteiger partial charge on any atom is 0.285 e. The molecule has 1 atom stereocenters. The maximum atomic E-state index is 10.8. The fourth-order valence-corrected chi connectivity index (χ4v) is 3.41. The molecule has 4 rings (SSSR count). The molecule has 31 heavy (non-hydrogen) atoms. The number of nitrogens with zero attached hydrogens (tertiary/aromatic N) is 2. The summed E-state index contributed by atoms with van der Waals surface area (Å²) >= 11 is 0. The van der Waals surface area contributed by atoms with Crippen molar-refractivity contribution in [1.82, 2.24) is 5.16 Å². The number of benzene rings is 1. The minimum Gasteiger partial charge on any atom is -0.756 e. The van der Waals surface area contributed by atoms with Crippen molar-refractivity contribution in [3.63, 3.8) is 0 Å². The molecule has 3 heterocycles.